The Labute approximate surface area is 198 Å². The first-order valence-corrected chi connectivity index (χ1v) is 12.4. The second kappa shape index (κ2) is 9.08. The van der Waals surface area contributed by atoms with Crippen LogP contribution >= 0.6 is 11.3 Å². The van der Waals surface area contributed by atoms with Crippen LogP contribution in [-0.2, 0) is 6.54 Å². The number of rotatable bonds is 5. The maximum Gasteiger partial charge on any atom is 0.254 e. The maximum absolute atomic E-state index is 13.7. The van der Waals surface area contributed by atoms with Gasteiger partial charge in [-0.25, -0.2) is 9.67 Å². The third kappa shape index (κ3) is 4.30. The van der Waals surface area contributed by atoms with Crippen LogP contribution < -0.4 is 0 Å². The first-order valence-electron chi connectivity index (χ1n) is 11.5. The van der Waals surface area contributed by atoms with Gasteiger partial charge in [-0.15, -0.1) is 11.3 Å². The molecule has 5 rings (SSSR count). The lowest BCUT2D eigenvalue weighted by molar-refractivity contribution is 0.0631. The molecule has 0 N–H and O–H groups in total. The van der Waals surface area contributed by atoms with Crippen LogP contribution in [0.25, 0.3) is 22.3 Å². The quantitative estimate of drug-likeness (QED) is 0.421. The number of aryl methyl sites for hydroxylation is 1. The number of benzene rings is 1. The summed E-state index contributed by atoms with van der Waals surface area (Å²) in [6.45, 7) is 10.4. The predicted molar refractivity (Wildman–Crippen MR) is 134 cm³/mol. The van der Waals surface area contributed by atoms with Crippen molar-refractivity contribution in [2.75, 3.05) is 26.2 Å². The average Bonchev–Trinajstić information content (AvgIpc) is 3.48. The highest BCUT2D eigenvalue weighted by Crippen LogP contribution is 2.29. The summed E-state index contributed by atoms with van der Waals surface area (Å²) in [5.41, 5.74) is 4.47. The van der Waals surface area contributed by atoms with Gasteiger partial charge < -0.3 is 4.90 Å². The fourth-order valence-corrected chi connectivity index (χ4v) is 5.22. The molecule has 0 unspecified atom stereocenters. The Morgan fingerprint density at radius 3 is 2.58 bits per heavy atom. The van der Waals surface area contributed by atoms with Crippen molar-refractivity contribution in [2.24, 2.45) is 0 Å². The minimum Gasteiger partial charge on any atom is -0.336 e. The number of nitrogens with zero attached hydrogens (tertiary/aromatic N) is 5. The van der Waals surface area contributed by atoms with Crippen molar-refractivity contribution in [2.45, 2.75) is 33.4 Å². The van der Waals surface area contributed by atoms with Crippen molar-refractivity contribution < 1.29 is 4.79 Å². The minimum atomic E-state index is 0.0660. The SMILES string of the molecule is Cc1ccccc1-c1cc(C(=O)N2CCN(Cc3cccs3)CC2)c2cnn(C(C)C)c2n1. The van der Waals surface area contributed by atoms with Gasteiger partial charge in [0.2, 0.25) is 0 Å². The van der Waals surface area contributed by atoms with Gasteiger partial charge in [0.1, 0.15) is 0 Å². The van der Waals surface area contributed by atoms with E-state index >= 15 is 0 Å². The Morgan fingerprint density at radius 2 is 1.88 bits per heavy atom. The molecule has 33 heavy (non-hydrogen) atoms. The highest BCUT2D eigenvalue weighted by Gasteiger charge is 2.26. The van der Waals surface area contributed by atoms with Gasteiger partial charge in [-0.05, 0) is 43.8 Å². The lowest BCUT2D eigenvalue weighted by Gasteiger charge is -2.34. The molecule has 4 aromatic rings. The number of thiophene rings is 1. The van der Waals surface area contributed by atoms with Gasteiger partial charge in [0.15, 0.2) is 5.65 Å². The molecule has 0 saturated carbocycles. The smallest absolute Gasteiger partial charge is 0.254 e. The highest BCUT2D eigenvalue weighted by molar-refractivity contribution is 7.09. The Hall–Kier alpha value is -3.03. The summed E-state index contributed by atoms with van der Waals surface area (Å²) < 4.78 is 1.91. The van der Waals surface area contributed by atoms with Crippen molar-refractivity contribution in [3.8, 4) is 11.3 Å². The molecule has 1 aromatic carbocycles. The van der Waals surface area contributed by atoms with E-state index in [1.54, 1.807) is 17.5 Å². The van der Waals surface area contributed by atoms with Crippen molar-refractivity contribution in [3.63, 3.8) is 0 Å². The van der Waals surface area contributed by atoms with E-state index in [-0.39, 0.29) is 11.9 Å². The van der Waals surface area contributed by atoms with E-state index in [0.717, 1.165) is 60.6 Å². The van der Waals surface area contributed by atoms with Crippen LogP contribution in [0.15, 0.2) is 54.0 Å². The van der Waals surface area contributed by atoms with E-state index in [4.69, 9.17) is 4.98 Å². The molecule has 0 atom stereocenters. The van der Waals surface area contributed by atoms with E-state index in [2.05, 4.69) is 60.4 Å². The van der Waals surface area contributed by atoms with Gasteiger partial charge in [-0.1, -0.05) is 30.3 Å². The van der Waals surface area contributed by atoms with Crippen LogP contribution in [0.2, 0.25) is 0 Å². The number of aromatic nitrogens is 3. The van der Waals surface area contributed by atoms with Crippen LogP contribution in [0.5, 0.6) is 0 Å². The normalized spacial score (nSPS) is 15.0. The number of amides is 1. The van der Waals surface area contributed by atoms with Gasteiger partial charge in [0, 0.05) is 49.2 Å². The standard InChI is InChI=1S/C26H29N5OS/c1-18(2)31-25-23(16-27-31)22(15-24(28-25)21-9-5-4-7-19(21)3)26(32)30-12-10-29(11-13-30)17-20-8-6-14-33-20/h4-9,14-16,18H,10-13,17H2,1-3H3. The monoisotopic (exact) mass is 459 g/mol. The molecule has 3 aromatic heterocycles. The summed E-state index contributed by atoms with van der Waals surface area (Å²) in [6, 6.07) is 14.6. The molecule has 0 spiro atoms. The molecule has 4 heterocycles. The third-order valence-electron chi connectivity index (χ3n) is 6.33. The Kier molecular flexibility index (Phi) is 6.00. The zero-order valence-corrected chi connectivity index (χ0v) is 20.2. The topological polar surface area (TPSA) is 54.3 Å². The lowest BCUT2D eigenvalue weighted by Crippen LogP contribution is -2.48. The highest BCUT2D eigenvalue weighted by atomic mass is 32.1. The van der Waals surface area contributed by atoms with Crippen LogP contribution in [0, 0.1) is 6.92 Å². The molecule has 1 saturated heterocycles. The van der Waals surface area contributed by atoms with Crippen LogP contribution in [-0.4, -0.2) is 56.7 Å². The summed E-state index contributed by atoms with van der Waals surface area (Å²) in [7, 11) is 0. The number of carbonyl (C=O) groups is 1. The number of hydrogen-bond acceptors (Lipinski definition) is 5. The lowest BCUT2D eigenvalue weighted by atomic mass is 10.0. The molecule has 1 amide bonds. The third-order valence-corrected chi connectivity index (χ3v) is 7.19. The molecule has 7 heteroatoms. The molecule has 6 nitrogen and oxygen atoms in total. The van der Waals surface area contributed by atoms with E-state index in [9.17, 15) is 4.79 Å². The Bertz CT molecular complexity index is 1270. The number of piperazine rings is 1. The predicted octanol–water partition coefficient (Wildman–Crippen LogP) is 5.01. The van der Waals surface area contributed by atoms with Crippen molar-refractivity contribution in [1.29, 1.82) is 0 Å². The molecule has 0 aliphatic carbocycles. The molecule has 1 fully saturated rings. The summed E-state index contributed by atoms with van der Waals surface area (Å²) in [4.78, 5) is 24.5. The van der Waals surface area contributed by atoms with E-state index < -0.39 is 0 Å². The average molecular weight is 460 g/mol. The second-order valence-electron chi connectivity index (χ2n) is 8.94. The van der Waals surface area contributed by atoms with Crippen LogP contribution in [0.3, 0.4) is 0 Å². The minimum absolute atomic E-state index is 0.0660. The fourth-order valence-electron chi connectivity index (χ4n) is 4.47. The summed E-state index contributed by atoms with van der Waals surface area (Å²) in [6.07, 6.45) is 1.80. The number of fused-ring (bicyclic) bond motifs is 1. The van der Waals surface area contributed by atoms with Crippen LogP contribution in [0.1, 0.15) is 40.7 Å². The van der Waals surface area contributed by atoms with Crippen molar-refractivity contribution >= 4 is 28.3 Å². The zero-order valence-electron chi connectivity index (χ0n) is 19.4. The Balaban J connectivity index is 1.47. The summed E-state index contributed by atoms with van der Waals surface area (Å²) >= 11 is 1.79. The largest absolute Gasteiger partial charge is 0.336 e. The molecule has 1 aliphatic rings. The maximum atomic E-state index is 13.7. The number of hydrogen-bond donors (Lipinski definition) is 0. The summed E-state index contributed by atoms with van der Waals surface area (Å²) in [5.74, 6) is 0.0660. The first kappa shape index (κ1) is 21.8. The van der Waals surface area contributed by atoms with Gasteiger partial charge in [0.05, 0.1) is 22.8 Å². The molecular weight excluding hydrogens is 430 g/mol. The Morgan fingerprint density at radius 1 is 1.09 bits per heavy atom. The van der Waals surface area contributed by atoms with Crippen molar-refractivity contribution in [3.05, 3.63) is 70.0 Å². The van der Waals surface area contributed by atoms with Crippen LogP contribution in [0.4, 0.5) is 0 Å². The van der Waals surface area contributed by atoms with Gasteiger partial charge in [0.25, 0.3) is 5.91 Å². The summed E-state index contributed by atoms with van der Waals surface area (Å²) in [5, 5.41) is 7.51. The fraction of sp³-hybridized carbons (Fsp3) is 0.346. The van der Waals surface area contributed by atoms with Gasteiger partial charge >= 0.3 is 0 Å². The number of pyridine rings is 1. The zero-order chi connectivity index (χ0) is 22.9. The molecular formula is C26H29N5OS. The van der Waals surface area contributed by atoms with E-state index in [1.807, 2.05) is 27.8 Å². The van der Waals surface area contributed by atoms with Gasteiger partial charge in [-0.3, -0.25) is 9.69 Å². The molecule has 170 valence electrons. The number of carbonyl (C=O) groups excluding carboxylic acids is 1. The molecule has 1 aliphatic heterocycles. The molecule has 0 radical (unpaired) electrons. The molecule has 0 bridgehead atoms. The van der Waals surface area contributed by atoms with E-state index in [0.29, 0.717) is 5.56 Å². The van der Waals surface area contributed by atoms with E-state index in [1.165, 1.54) is 4.88 Å². The second-order valence-corrected chi connectivity index (χ2v) is 9.97. The van der Waals surface area contributed by atoms with Crippen molar-refractivity contribution in [1.82, 2.24) is 24.6 Å². The van der Waals surface area contributed by atoms with Gasteiger partial charge in [-0.2, -0.15) is 5.10 Å². The first-order chi connectivity index (χ1) is 16.0.